The third-order valence-electron chi connectivity index (χ3n) is 4.44. The topological polar surface area (TPSA) is 61.4 Å². The zero-order valence-electron chi connectivity index (χ0n) is 14.7. The number of nitrogens with one attached hydrogen (secondary N) is 1. The number of carbonyl (C=O) groups is 1. The molecule has 1 N–H and O–H groups in total. The molecule has 0 unspecified atom stereocenters. The summed E-state index contributed by atoms with van der Waals surface area (Å²) in [7, 11) is 0. The number of rotatable bonds is 6. The van der Waals surface area contributed by atoms with Gasteiger partial charge in [0.2, 0.25) is 0 Å². The second-order valence-electron chi connectivity index (χ2n) is 6.35. The highest BCUT2D eigenvalue weighted by Crippen LogP contribution is 2.08. The molecule has 25 heavy (non-hydrogen) atoms. The lowest BCUT2D eigenvalue weighted by atomic mass is 10.2. The standard InChI is InChI=1S/C19H25N5O/c1-16-20-8-7-18(22-16)19(25)21-9-10-23-11-13-24(14-12-23)15-17-5-3-2-4-6-17/h2-8H,9-15H2,1H3,(H,21,25). The molecule has 1 fully saturated rings. The molecule has 0 aliphatic carbocycles. The maximum Gasteiger partial charge on any atom is 0.270 e. The molecule has 1 aliphatic heterocycles. The lowest BCUT2D eigenvalue weighted by Crippen LogP contribution is -2.48. The smallest absolute Gasteiger partial charge is 0.270 e. The first-order chi connectivity index (χ1) is 12.2. The van der Waals surface area contributed by atoms with Crippen LogP contribution in [0.4, 0.5) is 0 Å². The third kappa shape index (κ3) is 5.34. The monoisotopic (exact) mass is 339 g/mol. The molecule has 6 nitrogen and oxygen atoms in total. The van der Waals surface area contributed by atoms with Gasteiger partial charge in [-0.25, -0.2) is 9.97 Å². The van der Waals surface area contributed by atoms with E-state index in [4.69, 9.17) is 0 Å². The molecule has 3 rings (SSSR count). The summed E-state index contributed by atoms with van der Waals surface area (Å²) in [6.07, 6.45) is 1.61. The number of benzene rings is 1. The molecule has 132 valence electrons. The predicted molar refractivity (Wildman–Crippen MR) is 97.3 cm³/mol. The molecule has 0 saturated carbocycles. The van der Waals surface area contributed by atoms with Crippen molar-refractivity contribution in [3.8, 4) is 0 Å². The number of piperazine rings is 1. The van der Waals surface area contributed by atoms with Crippen LogP contribution in [-0.4, -0.2) is 64.9 Å². The Morgan fingerprint density at radius 2 is 1.80 bits per heavy atom. The molecule has 1 amide bonds. The average molecular weight is 339 g/mol. The molecule has 1 saturated heterocycles. The Balaban J connectivity index is 1.36. The first kappa shape index (κ1) is 17.5. The second kappa shape index (κ2) is 8.69. The van der Waals surface area contributed by atoms with Gasteiger partial charge >= 0.3 is 0 Å². The Morgan fingerprint density at radius 3 is 2.52 bits per heavy atom. The summed E-state index contributed by atoms with van der Waals surface area (Å²) < 4.78 is 0. The molecule has 0 atom stereocenters. The van der Waals surface area contributed by atoms with Crippen LogP contribution < -0.4 is 5.32 Å². The van der Waals surface area contributed by atoms with Gasteiger partial charge in [-0.2, -0.15) is 0 Å². The summed E-state index contributed by atoms with van der Waals surface area (Å²) in [4.78, 5) is 25.1. The van der Waals surface area contributed by atoms with Crippen LogP contribution in [0.5, 0.6) is 0 Å². The summed E-state index contributed by atoms with van der Waals surface area (Å²) >= 11 is 0. The van der Waals surface area contributed by atoms with Crippen molar-refractivity contribution in [1.82, 2.24) is 25.1 Å². The molecule has 0 bridgehead atoms. The summed E-state index contributed by atoms with van der Waals surface area (Å²) in [5, 5.41) is 2.94. The van der Waals surface area contributed by atoms with Crippen LogP contribution in [-0.2, 0) is 6.54 Å². The minimum Gasteiger partial charge on any atom is -0.349 e. The fourth-order valence-corrected chi connectivity index (χ4v) is 3.01. The van der Waals surface area contributed by atoms with Gasteiger partial charge in [0.1, 0.15) is 11.5 Å². The maximum atomic E-state index is 12.1. The predicted octanol–water partition coefficient (Wildman–Crippen LogP) is 1.33. The molecular formula is C19H25N5O. The van der Waals surface area contributed by atoms with Crippen LogP contribution in [0, 0.1) is 6.92 Å². The van der Waals surface area contributed by atoms with Crippen LogP contribution in [0.2, 0.25) is 0 Å². The molecule has 1 aliphatic rings. The van der Waals surface area contributed by atoms with Crippen molar-refractivity contribution in [2.24, 2.45) is 0 Å². The van der Waals surface area contributed by atoms with Gasteiger partial charge in [-0.3, -0.25) is 14.6 Å². The van der Waals surface area contributed by atoms with Crippen LogP contribution in [0.3, 0.4) is 0 Å². The first-order valence-corrected chi connectivity index (χ1v) is 8.77. The van der Waals surface area contributed by atoms with Gasteiger partial charge in [0.25, 0.3) is 5.91 Å². The van der Waals surface area contributed by atoms with Gasteiger partial charge in [0.05, 0.1) is 0 Å². The molecular weight excluding hydrogens is 314 g/mol. The van der Waals surface area contributed by atoms with E-state index in [2.05, 4.69) is 55.4 Å². The molecule has 0 radical (unpaired) electrons. The largest absolute Gasteiger partial charge is 0.349 e. The highest BCUT2D eigenvalue weighted by Gasteiger charge is 2.17. The molecule has 2 aromatic rings. The number of aryl methyl sites for hydroxylation is 1. The Kier molecular flexibility index (Phi) is 6.09. The van der Waals surface area contributed by atoms with E-state index in [0.29, 0.717) is 18.1 Å². The minimum atomic E-state index is -0.131. The van der Waals surface area contributed by atoms with Crippen LogP contribution in [0.25, 0.3) is 0 Å². The first-order valence-electron chi connectivity index (χ1n) is 8.77. The van der Waals surface area contributed by atoms with Gasteiger partial charge in [-0.15, -0.1) is 0 Å². The van der Waals surface area contributed by atoms with Gasteiger partial charge in [-0.1, -0.05) is 30.3 Å². The Labute approximate surface area is 148 Å². The number of carbonyl (C=O) groups excluding carboxylic acids is 1. The van der Waals surface area contributed by atoms with Crippen molar-refractivity contribution in [2.45, 2.75) is 13.5 Å². The van der Waals surface area contributed by atoms with E-state index in [1.165, 1.54) is 5.56 Å². The van der Waals surface area contributed by atoms with Crippen LogP contribution in [0.1, 0.15) is 21.9 Å². The van der Waals surface area contributed by atoms with Crippen molar-refractivity contribution in [3.05, 3.63) is 59.7 Å². The number of nitrogens with zero attached hydrogens (tertiary/aromatic N) is 4. The van der Waals surface area contributed by atoms with E-state index in [-0.39, 0.29) is 5.91 Å². The van der Waals surface area contributed by atoms with E-state index >= 15 is 0 Å². The summed E-state index contributed by atoms with van der Waals surface area (Å²) in [6.45, 7) is 8.51. The van der Waals surface area contributed by atoms with E-state index in [1.807, 2.05) is 0 Å². The fraction of sp³-hybridized carbons (Fsp3) is 0.421. The number of hydrogen-bond donors (Lipinski definition) is 1. The van der Waals surface area contributed by atoms with Crippen molar-refractivity contribution < 1.29 is 4.79 Å². The van der Waals surface area contributed by atoms with E-state index in [1.54, 1.807) is 19.2 Å². The van der Waals surface area contributed by atoms with Gasteiger partial charge in [0.15, 0.2) is 0 Å². The van der Waals surface area contributed by atoms with E-state index < -0.39 is 0 Å². The number of amides is 1. The van der Waals surface area contributed by atoms with Crippen LogP contribution >= 0.6 is 0 Å². The van der Waals surface area contributed by atoms with Crippen LogP contribution in [0.15, 0.2) is 42.6 Å². The zero-order chi connectivity index (χ0) is 17.5. The number of aromatic nitrogens is 2. The maximum absolute atomic E-state index is 12.1. The van der Waals surface area contributed by atoms with Crippen molar-refractivity contribution in [1.29, 1.82) is 0 Å². The molecule has 6 heteroatoms. The highest BCUT2D eigenvalue weighted by molar-refractivity contribution is 5.92. The Morgan fingerprint density at radius 1 is 1.08 bits per heavy atom. The van der Waals surface area contributed by atoms with E-state index in [9.17, 15) is 4.79 Å². The summed E-state index contributed by atoms with van der Waals surface area (Å²) in [5.41, 5.74) is 1.79. The zero-order valence-corrected chi connectivity index (χ0v) is 14.7. The summed E-state index contributed by atoms with van der Waals surface area (Å²) in [5.74, 6) is 0.482. The Hall–Kier alpha value is -2.31. The molecule has 2 heterocycles. The van der Waals surface area contributed by atoms with Crippen molar-refractivity contribution >= 4 is 5.91 Å². The average Bonchev–Trinajstić information content (AvgIpc) is 2.64. The van der Waals surface area contributed by atoms with Gasteiger partial charge in [0, 0.05) is 52.0 Å². The molecule has 1 aromatic carbocycles. The number of hydrogen-bond acceptors (Lipinski definition) is 5. The van der Waals surface area contributed by atoms with Gasteiger partial charge in [-0.05, 0) is 18.6 Å². The van der Waals surface area contributed by atoms with Crippen molar-refractivity contribution in [2.75, 3.05) is 39.3 Å². The molecule has 0 spiro atoms. The minimum absolute atomic E-state index is 0.131. The second-order valence-corrected chi connectivity index (χ2v) is 6.35. The third-order valence-corrected chi connectivity index (χ3v) is 4.44. The SMILES string of the molecule is Cc1nccc(C(=O)NCCN2CCN(Cc3ccccc3)CC2)n1. The Bertz CT molecular complexity index is 683. The quantitative estimate of drug-likeness (QED) is 0.860. The fourth-order valence-electron chi connectivity index (χ4n) is 3.01. The molecule has 1 aromatic heterocycles. The van der Waals surface area contributed by atoms with E-state index in [0.717, 1.165) is 39.3 Å². The lowest BCUT2D eigenvalue weighted by molar-refractivity contribution is 0.0929. The normalized spacial score (nSPS) is 15.9. The summed E-state index contributed by atoms with van der Waals surface area (Å²) in [6, 6.07) is 12.2. The highest BCUT2D eigenvalue weighted by atomic mass is 16.1. The van der Waals surface area contributed by atoms with Crippen molar-refractivity contribution in [3.63, 3.8) is 0 Å². The van der Waals surface area contributed by atoms with Gasteiger partial charge < -0.3 is 5.32 Å². The lowest BCUT2D eigenvalue weighted by Gasteiger charge is -2.34.